The predicted octanol–water partition coefficient (Wildman–Crippen LogP) is 8.92. The number of hydrogen-bond donors (Lipinski definition) is 1. The Bertz CT molecular complexity index is 1670. The lowest BCUT2D eigenvalue weighted by atomic mass is 10.0. The van der Waals surface area contributed by atoms with Crippen molar-refractivity contribution in [2.45, 2.75) is 90.1 Å². The van der Waals surface area contributed by atoms with Crippen LogP contribution in [-0.4, -0.2) is 41.4 Å². The van der Waals surface area contributed by atoms with Crippen molar-refractivity contribution >= 4 is 43.2 Å². The van der Waals surface area contributed by atoms with Gasteiger partial charge in [-0.05, 0) is 74.6 Å². The van der Waals surface area contributed by atoms with E-state index < -0.39 is 16.6 Å². The van der Waals surface area contributed by atoms with E-state index in [1.807, 2.05) is 0 Å². The number of fused-ring (bicyclic) bond motifs is 1. The Kier molecular flexibility index (Phi) is 12.6. The van der Waals surface area contributed by atoms with E-state index >= 15 is 0 Å². The van der Waals surface area contributed by atoms with Crippen molar-refractivity contribution in [2.75, 3.05) is 25.1 Å². The van der Waals surface area contributed by atoms with Gasteiger partial charge in [0.15, 0.2) is 0 Å². The average Bonchev–Trinajstić information content (AvgIpc) is 3.17. The number of hydrogen-bond acceptors (Lipinski definition) is 4. The van der Waals surface area contributed by atoms with Crippen LogP contribution in [0.4, 0.5) is 5.82 Å². The second kappa shape index (κ2) is 17.1. The summed E-state index contributed by atoms with van der Waals surface area (Å²) in [7, 11) is -5.45. The first-order valence-corrected chi connectivity index (χ1v) is 23.6. The largest absolute Gasteiger partial charge is 0.407 e. The summed E-state index contributed by atoms with van der Waals surface area (Å²) in [6, 6.07) is 48.7. The molecular weight excluding hydrogens is 681 g/mol. The minimum absolute atomic E-state index is 0.0920. The Morgan fingerprint density at radius 3 is 1.43 bits per heavy atom. The second-order valence-electron chi connectivity index (χ2n) is 16.9. The Hall–Kier alpha value is -3.82. The van der Waals surface area contributed by atoms with Gasteiger partial charge >= 0.3 is 0 Å². The first-order valence-electron chi connectivity index (χ1n) is 19.8. The molecule has 5 aromatic rings. The molecule has 1 aliphatic rings. The summed E-state index contributed by atoms with van der Waals surface area (Å²) in [6.07, 6.45) is 6.48. The smallest absolute Gasteiger partial charge is 0.261 e. The topological polar surface area (TPSA) is 43.4 Å². The summed E-state index contributed by atoms with van der Waals surface area (Å²) in [5, 5.41) is 8.60. The summed E-state index contributed by atoms with van der Waals surface area (Å²) in [4.78, 5) is 5.01. The molecule has 0 saturated heterocycles. The van der Waals surface area contributed by atoms with E-state index in [-0.39, 0.29) is 16.0 Å². The van der Waals surface area contributed by atoms with E-state index in [2.05, 4.69) is 180 Å². The number of unbranched alkanes of at least 4 members (excludes halogenated alkanes) is 1. The number of benzene rings is 4. The monoisotopic (exact) mass is 740 g/mol. The maximum Gasteiger partial charge on any atom is 0.261 e. The molecule has 0 bridgehead atoms. The number of pyridine rings is 1. The maximum absolute atomic E-state index is 7.62. The molecular formula is C47H60N2O2Si2. The van der Waals surface area contributed by atoms with Crippen molar-refractivity contribution in [2.24, 2.45) is 5.92 Å². The van der Waals surface area contributed by atoms with E-state index in [0.717, 1.165) is 44.5 Å². The normalized spacial score (nSPS) is 13.8. The Morgan fingerprint density at radius 2 is 1.02 bits per heavy atom. The fourth-order valence-electron chi connectivity index (χ4n) is 8.47. The van der Waals surface area contributed by atoms with E-state index in [9.17, 15) is 0 Å². The van der Waals surface area contributed by atoms with Crippen LogP contribution in [0.1, 0.15) is 78.5 Å². The molecule has 4 nitrogen and oxygen atoms in total. The van der Waals surface area contributed by atoms with E-state index in [4.69, 9.17) is 13.8 Å². The van der Waals surface area contributed by atoms with Gasteiger partial charge in [0.25, 0.3) is 16.6 Å². The van der Waals surface area contributed by atoms with Crippen LogP contribution in [0.2, 0.25) is 10.1 Å². The highest BCUT2D eigenvalue weighted by atomic mass is 28.4. The van der Waals surface area contributed by atoms with Crippen molar-refractivity contribution in [3.05, 3.63) is 145 Å². The summed E-state index contributed by atoms with van der Waals surface area (Å²) in [5.41, 5.74) is 2.53. The van der Waals surface area contributed by atoms with Gasteiger partial charge in [-0.1, -0.05) is 175 Å². The van der Waals surface area contributed by atoms with E-state index in [0.29, 0.717) is 13.2 Å². The minimum atomic E-state index is -2.73. The SMILES string of the molecule is CC(C)(C)[Si](OCC(CCCCc1ccc2c(n1)NCCC2)CO[Si](c1ccccc1)(c1ccccc1)C(C)(C)C)(c1ccccc1)c1ccccc1. The van der Waals surface area contributed by atoms with Gasteiger partial charge in [0.2, 0.25) is 0 Å². The molecule has 0 fully saturated rings. The van der Waals surface area contributed by atoms with Crippen molar-refractivity contribution in [3.8, 4) is 0 Å². The molecule has 0 saturated carbocycles. The van der Waals surface area contributed by atoms with Crippen molar-refractivity contribution in [1.29, 1.82) is 0 Å². The van der Waals surface area contributed by atoms with Crippen LogP contribution < -0.4 is 26.1 Å². The number of aromatic nitrogens is 1. The molecule has 278 valence electrons. The van der Waals surface area contributed by atoms with E-state index in [1.165, 1.54) is 38.4 Å². The molecule has 0 amide bonds. The molecule has 0 atom stereocenters. The van der Waals surface area contributed by atoms with E-state index in [1.54, 1.807) is 0 Å². The zero-order valence-electron chi connectivity index (χ0n) is 32.9. The van der Waals surface area contributed by atoms with Crippen LogP contribution in [0.15, 0.2) is 133 Å². The van der Waals surface area contributed by atoms with Crippen molar-refractivity contribution in [1.82, 2.24) is 4.98 Å². The third-order valence-corrected chi connectivity index (χ3v) is 21.2. The van der Waals surface area contributed by atoms with Gasteiger partial charge in [-0.25, -0.2) is 4.98 Å². The molecule has 0 spiro atoms. The standard InChI is InChI=1S/C47H60N2O2Si2/c1-46(2,3)52(41-25-11-7-12-26-41,42-27-13-8-14-28-42)50-36-38(22-19-20-24-40-34-33-39-23-21-35-48-45(39)49-40)37-51-53(47(4,5)6,43-29-15-9-16-30-43)44-31-17-10-18-32-44/h7-18,25-34,38H,19-24,35-37H2,1-6H3,(H,48,49). The third-order valence-electron chi connectivity index (χ3n) is 11.2. The third kappa shape index (κ3) is 8.62. The van der Waals surface area contributed by atoms with Crippen LogP contribution in [-0.2, 0) is 21.7 Å². The number of rotatable bonds is 15. The van der Waals surface area contributed by atoms with Crippen LogP contribution in [0.25, 0.3) is 0 Å². The zero-order valence-corrected chi connectivity index (χ0v) is 34.9. The van der Waals surface area contributed by atoms with Gasteiger partial charge in [0, 0.05) is 31.4 Å². The summed E-state index contributed by atoms with van der Waals surface area (Å²) < 4.78 is 15.2. The highest BCUT2D eigenvalue weighted by Gasteiger charge is 2.52. The number of aryl methyl sites for hydroxylation is 2. The number of nitrogens with one attached hydrogen (secondary N) is 1. The molecule has 1 N–H and O–H groups in total. The van der Waals surface area contributed by atoms with Crippen LogP contribution in [0.3, 0.4) is 0 Å². The number of anilines is 1. The van der Waals surface area contributed by atoms with Crippen LogP contribution in [0.5, 0.6) is 0 Å². The van der Waals surface area contributed by atoms with Crippen molar-refractivity contribution in [3.63, 3.8) is 0 Å². The Morgan fingerprint density at radius 1 is 0.585 bits per heavy atom. The molecule has 0 aliphatic carbocycles. The van der Waals surface area contributed by atoms with Gasteiger partial charge in [0.05, 0.1) is 0 Å². The van der Waals surface area contributed by atoms with Crippen LogP contribution in [0, 0.1) is 5.92 Å². The van der Waals surface area contributed by atoms with Gasteiger partial charge in [-0.2, -0.15) is 0 Å². The molecule has 0 unspecified atom stereocenters. The van der Waals surface area contributed by atoms with Crippen LogP contribution >= 0.6 is 0 Å². The molecule has 6 heteroatoms. The van der Waals surface area contributed by atoms with Crippen molar-refractivity contribution < 1.29 is 8.85 Å². The molecule has 6 rings (SSSR count). The Labute approximate surface area is 321 Å². The molecule has 1 aromatic heterocycles. The van der Waals surface area contributed by atoms with Gasteiger partial charge in [-0.3, -0.25) is 0 Å². The molecule has 1 aliphatic heterocycles. The fourth-order valence-corrected chi connectivity index (χ4v) is 17.8. The lowest BCUT2D eigenvalue weighted by Crippen LogP contribution is -2.67. The quantitative estimate of drug-likeness (QED) is 0.0861. The fraction of sp³-hybridized carbons (Fsp3) is 0.383. The summed E-state index contributed by atoms with van der Waals surface area (Å²) in [5.74, 6) is 1.31. The Balaban J connectivity index is 1.32. The predicted molar refractivity (Wildman–Crippen MR) is 229 cm³/mol. The maximum atomic E-state index is 7.62. The summed E-state index contributed by atoms with van der Waals surface area (Å²) in [6.45, 7) is 16.5. The molecule has 4 aromatic carbocycles. The van der Waals surface area contributed by atoms with Gasteiger partial charge < -0.3 is 14.2 Å². The highest BCUT2D eigenvalue weighted by Crippen LogP contribution is 2.39. The molecule has 2 heterocycles. The minimum Gasteiger partial charge on any atom is -0.407 e. The second-order valence-corrected chi connectivity index (χ2v) is 25.5. The lowest BCUT2D eigenvalue weighted by Gasteiger charge is -2.45. The summed E-state index contributed by atoms with van der Waals surface area (Å²) >= 11 is 0. The van der Waals surface area contributed by atoms with Gasteiger partial charge in [-0.15, -0.1) is 0 Å². The molecule has 0 radical (unpaired) electrons. The highest BCUT2D eigenvalue weighted by molar-refractivity contribution is 7.00. The number of nitrogens with zero attached hydrogens (tertiary/aromatic N) is 1. The first kappa shape index (κ1) is 38.9. The molecule has 53 heavy (non-hydrogen) atoms. The first-order chi connectivity index (χ1) is 25.5. The average molecular weight is 741 g/mol. The van der Waals surface area contributed by atoms with Gasteiger partial charge in [0.1, 0.15) is 5.82 Å². The lowest BCUT2D eigenvalue weighted by molar-refractivity contribution is 0.154. The zero-order chi connectivity index (χ0) is 37.4.